The standard InChI is InChI=1S/C21H24N4O4/c1-3-4-5-6-12-22-21(26)19-14-18(20-11-10-15(2)29-20)23-24(19)16-8-7-9-17(13-16)25(27)28/h7-11,13-14H,3-6,12H2,1-2H3,(H,22,26). The summed E-state index contributed by atoms with van der Waals surface area (Å²) in [6.45, 7) is 4.52. The number of hydrogen-bond acceptors (Lipinski definition) is 5. The summed E-state index contributed by atoms with van der Waals surface area (Å²) in [6.07, 6.45) is 4.20. The molecule has 1 N–H and O–H groups in total. The lowest BCUT2D eigenvalue weighted by Crippen LogP contribution is -2.26. The van der Waals surface area contributed by atoms with Crippen LogP contribution in [-0.4, -0.2) is 27.2 Å². The Morgan fingerprint density at radius 2 is 2.03 bits per heavy atom. The van der Waals surface area contributed by atoms with Gasteiger partial charge >= 0.3 is 0 Å². The first-order valence-electron chi connectivity index (χ1n) is 9.69. The molecule has 29 heavy (non-hydrogen) atoms. The van der Waals surface area contributed by atoms with E-state index in [4.69, 9.17) is 4.42 Å². The molecule has 0 saturated heterocycles. The number of carbonyl (C=O) groups excluding carboxylic acids is 1. The molecule has 1 aromatic carbocycles. The molecule has 0 fully saturated rings. The van der Waals surface area contributed by atoms with E-state index in [1.807, 2.05) is 13.0 Å². The smallest absolute Gasteiger partial charge is 0.271 e. The number of nitrogens with one attached hydrogen (secondary N) is 1. The Morgan fingerprint density at radius 3 is 2.72 bits per heavy atom. The van der Waals surface area contributed by atoms with Crippen molar-refractivity contribution in [1.82, 2.24) is 15.1 Å². The van der Waals surface area contributed by atoms with E-state index in [-0.39, 0.29) is 11.6 Å². The Labute approximate surface area is 168 Å². The monoisotopic (exact) mass is 396 g/mol. The van der Waals surface area contributed by atoms with Gasteiger partial charge in [0.2, 0.25) is 0 Å². The molecule has 0 bridgehead atoms. The summed E-state index contributed by atoms with van der Waals surface area (Å²) in [5, 5.41) is 18.5. The van der Waals surface area contributed by atoms with Crippen LogP contribution in [0.25, 0.3) is 17.1 Å². The van der Waals surface area contributed by atoms with Gasteiger partial charge in [0.05, 0.1) is 10.6 Å². The third kappa shape index (κ3) is 4.90. The van der Waals surface area contributed by atoms with Crippen LogP contribution in [0.1, 0.15) is 48.9 Å². The summed E-state index contributed by atoms with van der Waals surface area (Å²) < 4.78 is 7.04. The first kappa shape index (κ1) is 20.3. The number of non-ortho nitro benzene ring substituents is 1. The lowest BCUT2D eigenvalue weighted by atomic mass is 10.2. The van der Waals surface area contributed by atoms with Crippen LogP contribution in [-0.2, 0) is 0 Å². The number of rotatable bonds is 9. The van der Waals surface area contributed by atoms with Gasteiger partial charge in [0.15, 0.2) is 5.76 Å². The maximum Gasteiger partial charge on any atom is 0.271 e. The van der Waals surface area contributed by atoms with Gasteiger partial charge in [0.1, 0.15) is 17.1 Å². The summed E-state index contributed by atoms with van der Waals surface area (Å²) in [5.41, 5.74) is 1.15. The fraction of sp³-hybridized carbons (Fsp3) is 0.333. The van der Waals surface area contributed by atoms with Gasteiger partial charge in [-0.05, 0) is 31.5 Å². The number of aryl methyl sites for hydroxylation is 1. The molecule has 0 spiro atoms. The second-order valence-electron chi connectivity index (χ2n) is 6.83. The summed E-state index contributed by atoms with van der Waals surface area (Å²) in [5.74, 6) is 0.977. The van der Waals surface area contributed by atoms with E-state index >= 15 is 0 Å². The van der Waals surface area contributed by atoms with E-state index < -0.39 is 4.92 Å². The van der Waals surface area contributed by atoms with Crippen molar-refractivity contribution in [3.05, 3.63) is 64.0 Å². The van der Waals surface area contributed by atoms with E-state index in [9.17, 15) is 14.9 Å². The zero-order valence-electron chi connectivity index (χ0n) is 16.6. The molecule has 152 valence electrons. The summed E-state index contributed by atoms with van der Waals surface area (Å²) in [7, 11) is 0. The lowest BCUT2D eigenvalue weighted by molar-refractivity contribution is -0.384. The number of unbranched alkanes of at least 4 members (excludes halogenated alkanes) is 3. The van der Waals surface area contributed by atoms with Crippen LogP contribution < -0.4 is 5.32 Å². The summed E-state index contributed by atoms with van der Waals surface area (Å²) in [4.78, 5) is 23.5. The molecule has 0 unspecified atom stereocenters. The number of hydrogen-bond donors (Lipinski definition) is 1. The molecule has 0 saturated carbocycles. The SMILES string of the molecule is CCCCCCNC(=O)c1cc(-c2ccc(C)o2)nn1-c1cccc([N+](=O)[O-])c1. The number of nitro benzene ring substituents is 1. The van der Waals surface area contributed by atoms with Gasteiger partial charge in [-0.1, -0.05) is 32.3 Å². The minimum absolute atomic E-state index is 0.0701. The first-order valence-corrected chi connectivity index (χ1v) is 9.69. The number of benzene rings is 1. The van der Waals surface area contributed by atoms with Crippen molar-refractivity contribution in [3.63, 3.8) is 0 Å². The minimum Gasteiger partial charge on any atom is -0.460 e. The maximum absolute atomic E-state index is 12.8. The Kier molecular flexibility index (Phi) is 6.43. The van der Waals surface area contributed by atoms with E-state index in [1.165, 1.54) is 16.8 Å². The largest absolute Gasteiger partial charge is 0.460 e. The highest BCUT2D eigenvalue weighted by molar-refractivity contribution is 5.94. The van der Waals surface area contributed by atoms with Crippen LogP contribution >= 0.6 is 0 Å². The molecule has 1 amide bonds. The zero-order chi connectivity index (χ0) is 20.8. The molecule has 2 heterocycles. The lowest BCUT2D eigenvalue weighted by Gasteiger charge is -2.08. The predicted molar refractivity (Wildman–Crippen MR) is 109 cm³/mol. The molecule has 8 nitrogen and oxygen atoms in total. The van der Waals surface area contributed by atoms with Crippen LogP contribution in [0.15, 0.2) is 46.9 Å². The molecule has 0 atom stereocenters. The van der Waals surface area contributed by atoms with Crippen LogP contribution in [0.3, 0.4) is 0 Å². The second kappa shape index (κ2) is 9.18. The van der Waals surface area contributed by atoms with Crippen LogP contribution in [0.2, 0.25) is 0 Å². The van der Waals surface area contributed by atoms with Gasteiger partial charge in [-0.25, -0.2) is 4.68 Å². The zero-order valence-corrected chi connectivity index (χ0v) is 16.6. The quantitative estimate of drug-likeness (QED) is 0.322. The average molecular weight is 396 g/mol. The number of nitrogens with zero attached hydrogens (tertiary/aromatic N) is 3. The van der Waals surface area contributed by atoms with Crippen LogP contribution in [0.5, 0.6) is 0 Å². The number of furan rings is 1. The molecular weight excluding hydrogens is 372 g/mol. The van der Waals surface area contributed by atoms with Gasteiger partial charge in [0.25, 0.3) is 11.6 Å². The first-order chi connectivity index (χ1) is 14.0. The molecule has 3 rings (SSSR count). The van der Waals surface area contributed by atoms with E-state index in [2.05, 4.69) is 17.3 Å². The number of carbonyl (C=O) groups is 1. The van der Waals surface area contributed by atoms with Crippen molar-refractivity contribution in [2.45, 2.75) is 39.5 Å². The molecule has 0 aliphatic heterocycles. The second-order valence-corrected chi connectivity index (χ2v) is 6.83. The highest BCUT2D eigenvalue weighted by Gasteiger charge is 2.20. The van der Waals surface area contributed by atoms with Crippen molar-refractivity contribution in [3.8, 4) is 17.1 Å². The van der Waals surface area contributed by atoms with Crippen LogP contribution in [0.4, 0.5) is 5.69 Å². The molecule has 0 radical (unpaired) electrons. The average Bonchev–Trinajstić information content (AvgIpc) is 3.34. The Hall–Kier alpha value is -3.42. The van der Waals surface area contributed by atoms with E-state index in [1.54, 1.807) is 24.3 Å². The fourth-order valence-corrected chi connectivity index (χ4v) is 3.01. The molecule has 0 aliphatic carbocycles. The molecule has 8 heteroatoms. The molecule has 3 aromatic rings. The molecular formula is C21H24N4O4. The number of nitro groups is 1. The number of aromatic nitrogens is 2. The Bertz CT molecular complexity index is 1010. The van der Waals surface area contributed by atoms with E-state index in [0.717, 1.165) is 31.4 Å². The van der Waals surface area contributed by atoms with Gasteiger partial charge < -0.3 is 9.73 Å². The third-order valence-corrected chi connectivity index (χ3v) is 4.54. The van der Waals surface area contributed by atoms with Crippen LogP contribution in [0, 0.1) is 17.0 Å². The summed E-state index contributed by atoms with van der Waals surface area (Å²) in [6, 6.07) is 11.3. The predicted octanol–water partition coefficient (Wildman–Crippen LogP) is 4.66. The van der Waals surface area contributed by atoms with Crippen molar-refractivity contribution in [2.75, 3.05) is 6.54 Å². The highest BCUT2D eigenvalue weighted by atomic mass is 16.6. The minimum atomic E-state index is -0.475. The topological polar surface area (TPSA) is 103 Å². The van der Waals surface area contributed by atoms with E-state index in [0.29, 0.717) is 29.4 Å². The van der Waals surface area contributed by atoms with Gasteiger partial charge in [-0.3, -0.25) is 14.9 Å². The molecule has 0 aliphatic rings. The van der Waals surface area contributed by atoms with Gasteiger partial charge in [-0.15, -0.1) is 0 Å². The number of amides is 1. The third-order valence-electron chi connectivity index (χ3n) is 4.54. The molecule has 2 aromatic heterocycles. The Morgan fingerprint density at radius 1 is 1.21 bits per heavy atom. The van der Waals surface area contributed by atoms with Gasteiger partial charge in [0, 0.05) is 24.7 Å². The maximum atomic E-state index is 12.8. The van der Waals surface area contributed by atoms with Crippen molar-refractivity contribution >= 4 is 11.6 Å². The Balaban J connectivity index is 1.93. The fourth-order valence-electron chi connectivity index (χ4n) is 3.01. The van der Waals surface area contributed by atoms with Crippen molar-refractivity contribution < 1.29 is 14.1 Å². The van der Waals surface area contributed by atoms with Crippen molar-refractivity contribution in [1.29, 1.82) is 0 Å². The van der Waals surface area contributed by atoms with Gasteiger partial charge in [-0.2, -0.15) is 5.10 Å². The summed E-state index contributed by atoms with van der Waals surface area (Å²) >= 11 is 0. The highest BCUT2D eigenvalue weighted by Crippen LogP contribution is 2.25. The van der Waals surface area contributed by atoms with Crippen molar-refractivity contribution in [2.24, 2.45) is 0 Å². The normalized spacial score (nSPS) is 10.8.